The molecule has 2 heterocycles. The van der Waals surface area contributed by atoms with Crippen LogP contribution in [0.25, 0.3) is 0 Å². The molecule has 0 aliphatic rings. The van der Waals surface area contributed by atoms with Crippen molar-refractivity contribution in [1.82, 2.24) is 9.62 Å². The summed E-state index contributed by atoms with van der Waals surface area (Å²) in [6.07, 6.45) is 0. The highest BCUT2D eigenvalue weighted by molar-refractivity contribution is 7.91. The lowest BCUT2D eigenvalue weighted by atomic mass is 10.4. The van der Waals surface area contributed by atoms with Crippen LogP contribution in [0.4, 0.5) is 0 Å². The average Bonchev–Trinajstić information content (AvgIpc) is 3.04. The Morgan fingerprint density at radius 3 is 2.48 bits per heavy atom. The van der Waals surface area contributed by atoms with Crippen molar-refractivity contribution < 1.29 is 13.2 Å². The van der Waals surface area contributed by atoms with Crippen molar-refractivity contribution in [1.29, 1.82) is 0 Å². The molecule has 0 aliphatic carbocycles. The van der Waals surface area contributed by atoms with Crippen molar-refractivity contribution >= 4 is 38.6 Å². The van der Waals surface area contributed by atoms with Crippen molar-refractivity contribution in [3.05, 3.63) is 38.9 Å². The van der Waals surface area contributed by atoms with Gasteiger partial charge in [0, 0.05) is 23.8 Å². The fourth-order valence-corrected chi connectivity index (χ4v) is 4.83. The average molecular weight is 344 g/mol. The summed E-state index contributed by atoms with van der Waals surface area (Å²) in [5.41, 5.74) is 0. The van der Waals surface area contributed by atoms with Crippen molar-refractivity contribution in [2.75, 3.05) is 14.1 Å². The predicted octanol–water partition coefficient (Wildman–Crippen LogP) is 2.30. The molecule has 1 amide bonds. The third kappa shape index (κ3) is 3.70. The van der Waals surface area contributed by atoms with E-state index in [9.17, 15) is 13.2 Å². The second-order valence-corrected chi connectivity index (χ2v) is 9.44. The summed E-state index contributed by atoms with van der Waals surface area (Å²) in [4.78, 5) is 14.5. The molecule has 0 bridgehead atoms. The maximum absolute atomic E-state index is 12.0. The SMILES string of the molecule is Cc1ccc(C(=O)NCc2ccc(S(=O)(=O)N(C)C)s2)s1. The standard InChI is InChI=1S/C13H16N2O3S3/c1-9-4-6-11(19-9)13(16)14-8-10-5-7-12(20-10)21(17,18)15(2)3/h4-7H,8H2,1-3H3,(H,14,16). The lowest BCUT2D eigenvalue weighted by molar-refractivity contribution is 0.0955. The highest BCUT2D eigenvalue weighted by Gasteiger charge is 2.19. The highest BCUT2D eigenvalue weighted by atomic mass is 32.2. The number of carbonyl (C=O) groups excluding carboxylic acids is 1. The Labute approximate surface area is 132 Å². The van der Waals surface area contributed by atoms with Gasteiger partial charge in [-0.05, 0) is 31.2 Å². The van der Waals surface area contributed by atoms with Crippen molar-refractivity contribution in [2.45, 2.75) is 17.7 Å². The zero-order chi connectivity index (χ0) is 15.6. The molecule has 0 radical (unpaired) electrons. The zero-order valence-corrected chi connectivity index (χ0v) is 14.4. The molecule has 2 aromatic rings. The molecule has 8 heteroatoms. The minimum Gasteiger partial charge on any atom is -0.346 e. The Hall–Kier alpha value is -1.22. The van der Waals surface area contributed by atoms with E-state index in [1.54, 1.807) is 18.2 Å². The maximum atomic E-state index is 12.0. The van der Waals surface area contributed by atoms with E-state index < -0.39 is 10.0 Å². The normalized spacial score (nSPS) is 11.8. The molecule has 0 fully saturated rings. The summed E-state index contributed by atoms with van der Waals surface area (Å²) in [6, 6.07) is 6.97. The van der Waals surface area contributed by atoms with Gasteiger partial charge in [-0.2, -0.15) is 0 Å². The molecule has 5 nitrogen and oxygen atoms in total. The van der Waals surface area contributed by atoms with Crippen LogP contribution < -0.4 is 5.32 Å². The van der Waals surface area contributed by atoms with E-state index in [-0.39, 0.29) is 10.1 Å². The van der Waals surface area contributed by atoms with E-state index in [4.69, 9.17) is 0 Å². The van der Waals surface area contributed by atoms with Gasteiger partial charge in [-0.25, -0.2) is 12.7 Å². The Balaban J connectivity index is 2.02. The molecule has 114 valence electrons. The molecule has 2 rings (SSSR count). The molecular formula is C13H16N2O3S3. The summed E-state index contributed by atoms with van der Waals surface area (Å²) in [7, 11) is -0.411. The largest absolute Gasteiger partial charge is 0.346 e. The van der Waals surface area contributed by atoms with Crippen molar-refractivity contribution in [3.63, 3.8) is 0 Å². The smallest absolute Gasteiger partial charge is 0.261 e. The van der Waals surface area contributed by atoms with Gasteiger partial charge >= 0.3 is 0 Å². The van der Waals surface area contributed by atoms with Gasteiger partial charge in [0.15, 0.2) is 0 Å². The van der Waals surface area contributed by atoms with Gasteiger partial charge in [-0.15, -0.1) is 22.7 Å². The topological polar surface area (TPSA) is 66.5 Å². The fraction of sp³-hybridized carbons (Fsp3) is 0.308. The summed E-state index contributed by atoms with van der Waals surface area (Å²) in [6.45, 7) is 2.27. The third-order valence-electron chi connectivity index (χ3n) is 2.76. The van der Waals surface area contributed by atoms with E-state index in [2.05, 4.69) is 5.32 Å². The predicted molar refractivity (Wildman–Crippen MR) is 85.4 cm³/mol. The third-order valence-corrected chi connectivity index (χ3v) is 7.13. The summed E-state index contributed by atoms with van der Waals surface area (Å²) < 4.78 is 25.4. The summed E-state index contributed by atoms with van der Waals surface area (Å²) in [5.74, 6) is -0.140. The molecule has 1 N–H and O–H groups in total. The zero-order valence-electron chi connectivity index (χ0n) is 11.9. The lowest BCUT2D eigenvalue weighted by Crippen LogP contribution is -2.21. The molecule has 21 heavy (non-hydrogen) atoms. The first-order valence-corrected chi connectivity index (χ1v) is 9.24. The first-order chi connectivity index (χ1) is 9.80. The number of hydrogen-bond donors (Lipinski definition) is 1. The molecule has 0 saturated carbocycles. The van der Waals surface area contributed by atoms with Crippen LogP contribution in [0.15, 0.2) is 28.5 Å². The van der Waals surface area contributed by atoms with Crippen LogP contribution in [-0.2, 0) is 16.6 Å². The number of nitrogens with zero attached hydrogens (tertiary/aromatic N) is 1. The second kappa shape index (κ2) is 6.27. The Morgan fingerprint density at radius 2 is 1.90 bits per heavy atom. The monoisotopic (exact) mass is 344 g/mol. The van der Waals surface area contributed by atoms with Gasteiger partial charge in [-0.3, -0.25) is 4.79 Å². The number of nitrogens with one attached hydrogen (secondary N) is 1. The van der Waals surface area contributed by atoms with Gasteiger partial charge < -0.3 is 5.32 Å². The molecule has 0 spiro atoms. The Morgan fingerprint density at radius 1 is 1.19 bits per heavy atom. The summed E-state index contributed by atoms with van der Waals surface area (Å²) >= 11 is 2.60. The minimum atomic E-state index is -3.40. The number of hydrogen-bond acceptors (Lipinski definition) is 5. The number of thiophene rings is 2. The minimum absolute atomic E-state index is 0.140. The molecule has 0 atom stereocenters. The molecule has 0 aliphatic heterocycles. The molecule has 0 unspecified atom stereocenters. The van der Waals surface area contributed by atoms with E-state index in [1.165, 1.54) is 41.1 Å². The van der Waals surface area contributed by atoms with Gasteiger partial charge in [0.05, 0.1) is 11.4 Å². The van der Waals surface area contributed by atoms with Gasteiger partial charge in [-0.1, -0.05) is 0 Å². The first-order valence-electron chi connectivity index (χ1n) is 6.16. The van der Waals surface area contributed by atoms with Gasteiger partial charge in [0.25, 0.3) is 15.9 Å². The number of aryl methyl sites for hydroxylation is 1. The van der Waals surface area contributed by atoms with E-state index in [0.717, 1.165) is 9.75 Å². The van der Waals surface area contributed by atoms with Crippen molar-refractivity contribution in [3.8, 4) is 0 Å². The van der Waals surface area contributed by atoms with Gasteiger partial charge in [0.2, 0.25) is 0 Å². The van der Waals surface area contributed by atoms with E-state index in [1.807, 2.05) is 13.0 Å². The van der Waals surface area contributed by atoms with Crippen LogP contribution in [0.3, 0.4) is 0 Å². The van der Waals surface area contributed by atoms with E-state index >= 15 is 0 Å². The van der Waals surface area contributed by atoms with Crippen molar-refractivity contribution in [2.24, 2.45) is 0 Å². The quantitative estimate of drug-likeness (QED) is 0.905. The molecule has 2 aromatic heterocycles. The molecule has 0 aromatic carbocycles. The van der Waals surface area contributed by atoms with Crippen LogP contribution in [0.1, 0.15) is 19.4 Å². The second-order valence-electron chi connectivity index (χ2n) is 4.60. The van der Waals surface area contributed by atoms with Crippen LogP contribution >= 0.6 is 22.7 Å². The lowest BCUT2D eigenvalue weighted by Gasteiger charge is -2.08. The van der Waals surface area contributed by atoms with Crippen LogP contribution in [0.5, 0.6) is 0 Å². The van der Waals surface area contributed by atoms with E-state index in [0.29, 0.717) is 11.4 Å². The van der Waals surface area contributed by atoms with Crippen LogP contribution in [0.2, 0.25) is 0 Å². The van der Waals surface area contributed by atoms with Gasteiger partial charge in [0.1, 0.15) is 4.21 Å². The first kappa shape index (κ1) is 16.2. The fourth-order valence-electron chi connectivity index (χ4n) is 1.58. The highest BCUT2D eigenvalue weighted by Crippen LogP contribution is 2.23. The number of sulfonamides is 1. The number of carbonyl (C=O) groups is 1. The Bertz CT molecular complexity index is 744. The van der Waals surface area contributed by atoms with Crippen LogP contribution in [0, 0.1) is 6.92 Å². The van der Waals surface area contributed by atoms with Crippen LogP contribution in [-0.4, -0.2) is 32.7 Å². The number of rotatable bonds is 5. The summed E-state index contributed by atoms with van der Waals surface area (Å²) in [5, 5.41) is 2.80. The number of amides is 1. The Kier molecular flexibility index (Phi) is 4.82. The maximum Gasteiger partial charge on any atom is 0.261 e. The molecular weight excluding hydrogens is 328 g/mol. The molecule has 0 saturated heterocycles.